The van der Waals surface area contributed by atoms with Gasteiger partial charge >= 0.3 is 0 Å². The lowest BCUT2D eigenvalue weighted by Gasteiger charge is -2.30. The van der Waals surface area contributed by atoms with Crippen LogP contribution in [0, 0.1) is 5.92 Å². The predicted molar refractivity (Wildman–Crippen MR) is 87.2 cm³/mol. The molecule has 1 aliphatic rings. The molecule has 2 N–H and O–H groups in total. The summed E-state index contributed by atoms with van der Waals surface area (Å²) in [6.45, 7) is 3.84. The van der Waals surface area contributed by atoms with Gasteiger partial charge in [0.1, 0.15) is 0 Å². The van der Waals surface area contributed by atoms with Crippen LogP contribution in [0.1, 0.15) is 49.9 Å². The van der Waals surface area contributed by atoms with Gasteiger partial charge in [0, 0.05) is 17.3 Å². The number of rotatable bonds is 3. The van der Waals surface area contributed by atoms with Gasteiger partial charge in [0.15, 0.2) is 10.9 Å². The Morgan fingerprint density at radius 2 is 2.05 bits per heavy atom. The number of benzene rings is 1. The number of hydrogen-bond acceptors (Lipinski definition) is 2. The Morgan fingerprint density at radius 1 is 1.30 bits per heavy atom. The summed E-state index contributed by atoms with van der Waals surface area (Å²) in [5.41, 5.74) is 1.56. The number of Topliss-reactive ketones (excluding diaryl/α,β-unsaturated/α-hetero) is 1. The Hall–Kier alpha value is -1.42. The maximum Gasteiger partial charge on any atom is 0.171 e. The highest BCUT2D eigenvalue weighted by Crippen LogP contribution is 2.23. The van der Waals surface area contributed by atoms with E-state index < -0.39 is 0 Å². The Balaban J connectivity index is 1.94. The number of carbonyl (C=O) groups excluding carboxylic acids is 1. The molecule has 0 bridgehead atoms. The van der Waals surface area contributed by atoms with Crippen molar-refractivity contribution in [1.82, 2.24) is 5.32 Å². The van der Waals surface area contributed by atoms with E-state index in [0.29, 0.717) is 22.6 Å². The van der Waals surface area contributed by atoms with Crippen LogP contribution in [0.15, 0.2) is 24.3 Å². The Morgan fingerprint density at radius 3 is 2.75 bits per heavy atom. The molecule has 0 aliphatic heterocycles. The normalized spacial score (nSPS) is 22.1. The highest BCUT2D eigenvalue weighted by atomic mass is 32.1. The van der Waals surface area contributed by atoms with Crippen LogP contribution < -0.4 is 10.6 Å². The van der Waals surface area contributed by atoms with Crippen molar-refractivity contribution >= 4 is 28.8 Å². The molecular weight excluding hydrogens is 268 g/mol. The predicted octanol–water partition coefficient (Wildman–Crippen LogP) is 3.75. The smallest absolute Gasteiger partial charge is 0.171 e. The van der Waals surface area contributed by atoms with E-state index in [1.54, 1.807) is 6.92 Å². The maximum absolute atomic E-state index is 11.4. The molecule has 0 aromatic heterocycles. The lowest BCUT2D eigenvalue weighted by Crippen LogP contribution is -2.43. The van der Waals surface area contributed by atoms with Crippen LogP contribution in [-0.4, -0.2) is 16.9 Å². The van der Waals surface area contributed by atoms with Gasteiger partial charge < -0.3 is 10.6 Å². The van der Waals surface area contributed by atoms with E-state index >= 15 is 0 Å². The molecule has 108 valence electrons. The van der Waals surface area contributed by atoms with Gasteiger partial charge in [-0.1, -0.05) is 31.9 Å². The van der Waals surface area contributed by atoms with Gasteiger partial charge in [-0.05, 0) is 50.0 Å². The van der Waals surface area contributed by atoms with Gasteiger partial charge in [-0.15, -0.1) is 0 Å². The Bertz CT molecular complexity index is 501. The summed E-state index contributed by atoms with van der Waals surface area (Å²) in [7, 11) is 0. The molecule has 0 radical (unpaired) electrons. The number of nitrogens with one attached hydrogen (secondary N) is 2. The average molecular weight is 290 g/mol. The van der Waals surface area contributed by atoms with Crippen molar-refractivity contribution in [2.24, 2.45) is 5.92 Å². The Labute approximate surface area is 126 Å². The first-order valence-electron chi connectivity index (χ1n) is 7.25. The first-order valence-corrected chi connectivity index (χ1v) is 7.65. The fourth-order valence-corrected chi connectivity index (χ4v) is 2.95. The molecule has 1 aliphatic carbocycles. The highest BCUT2D eigenvalue weighted by Gasteiger charge is 2.21. The average Bonchev–Trinajstić information content (AvgIpc) is 2.41. The van der Waals surface area contributed by atoms with Crippen molar-refractivity contribution in [1.29, 1.82) is 0 Å². The number of carbonyl (C=O) groups is 1. The summed E-state index contributed by atoms with van der Waals surface area (Å²) in [6, 6.07) is 7.89. The number of ketones is 1. The molecule has 0 spiro atoms. The van der Waals surface area contributed by atoms with E-state index in [1.807, 2.05) is 24.3 Å². The Kier molecular flexibility index (Phi) is 5.12. The largest absolute Gasteiger partial charge is 0.359 e. The van der Waals surface area contributed by atoms with Gasteiger partial charge in [0.2, 0.25) is 0 Å². The third kappa shape index (κ3) is 4.04. The zero-order valence-electron chi connectivity index (χ0n) is 12.1. The second-order valence-corrected chi connectivity index (χ2v) is 6.01. The zero-order valence-corrected chi connectivity index (χ0v) is 12.9. The molecule has 3 nitrogen and oxygen atoms in total. The van der Waals surface area contributed by atoms with Gasteiger partial charge in [-0.3, -0.25) is 4.79 Å². The van der Waals surface area contributed by atoms with Crippen LogP contribution in [0.4, 0.5) is 5.69 Å². The van der Waals surface area contributed by atoms with Crippen molar-refractivity contribution < 1.29 is 4.79 Å². The summed E-state index contributed by atoms with van der Waals surface area (Å²) in [6.07, 6.45) is 5.03. The zero-order chi connectivity index (χ0) is 14.5. The third-order valence-corrected chi connectivity index (χ3v) is 4.17. The molecule has 1 fully saturated rings. The number of anilines is 1. The van der Waals surface area contributed by atoms with Crippen LogP contribution in [0.25, 0.3) is 0 Å². The third-order valence-electron chi connectivity index (χ3n) is 3.95. The van der Waals surface area contributed by atoms with Gasteiger partial charge in [0.05, 0.1) is 0 Å². The van der Waals surface area contributed by atoms with Crippen LogP contribution in [0.2, 0.25) is 0 Å². The lowest BCUT2D eigenvalue weighted by molar-refractivity contribution is 0.101. The summed E-state index contributed by atoms with van der Waals surface area (Å²) < 4.78 is 0. The van der Waals surface area contributed by atoms with E-state index in [2.05, 4.69) is 17.6 Å². The summed E-state index contributed by atoms with van der Waals surface area (Å²) in [5, 5.41) is 7.22. The van der Waals surface area contributed by atoms with Crippen molar-refractivity contribution in [2.45, 2.75) is 45.6 Å². The van der Waals surface area contributed by atoms with E-state index in [4.69, 9.17) is 12.2 Å². The lowest BCUT2D eigenvalue weighted by atomic mass is 9.86. The number of thiocarbonyl (C=S) groups is 1. The van der Waals surface area contributed by atoms with Crippen molar-refractivity contribution in [3.05, 3.63) is 29.8 Å². The fraction of sp³-hybridized carbons (Fsp3) is 0.500. The van der Waals surface area contributed by atoms with Crippen molar-refractivity contribution in [3.8, 4) is 0 Å². The summed E-state index contributed by atoms with van der Waals surface area (Å²) >= 11 is 5.37. The molecule has 1 saturated carbocycles. The van der Waals surface area contributed by atoms with Crippen LogP contribution in [0.5, 0.6) is 0 Å². The fourth-order valence-electron chi connectivity index (χ4n) is 2.68. The molecule has 1 aromatic rings. The molecule has 2 atom stereocenters. The molecule has 0 unspecified atom stereocenters. The molecule has 0 saturated heterocycles. The van der Waals surface area contributed by atoms with E-state index in [1.165, 1.54) is 25.7 Å². The monoisotopic (exact) mass is 290 g/mol. The van der Waals surface area contributed by atoms with Crippen molar-refractivity contribution in [3.63, 3.8) is 0 Å². The topological polar surface area (TPSA) is 41.1 Å². The molecule has 20 heavy (non-hydrogen) atoms. The molecule has 0 amide bonds. The second kappa shape index (κ2) is 6.84. The van der Waals surface area contributed by atoms with Gasteiger partial charge in [0.25, 0.3) is 0 Å². The number of hydrogen-bond donors (Lipinski definition) is 2. The minimum atomic E-state index is 0.0634. The molecule has 1 aromatic carbocycles. The summed E-state index contributed by atoms with van der Waals surface area (Å²) in [4.78, 5) is 11.4. The SMILES string of the molecule is CC(=O)c1cccc(NC(=S)N[C@H]2CCCC[C@@H]2C)c1. The molecule has 4 heteroatoms. The molecule has 2 rings (SSSR count). The first-order chi connectivity index (χ1) is 9.56. The van der Waals surface area contributed by atoms with E-state index in [9.17, 15) is 4.79 Å². The molecular formula is C16H22N2OS. The minimum Gasteiger partial charge on any atom is -0.359 e. The standard InChI is InChI=1S/C16H22N2OS/c1-11-6-3-4-9-15(11)18-16(20)17-14-8-5-7-13(10-14)12(2)19/h5,7-8,10-11,15H,3-4,6,9H2,1-2H3,(H2,17,18,20)/t11-,15-/m0/s1. The van der Waals surface area contributed by atoms with Gasteiger partial charge in [-0.25, -0.2) is 0 Å². The van der Waals surface area contributed by atoms with Crippen LogP contribution in [0.3, 0.4) is 0 Å². The highest BCUT2D eigenvalue weighted by molar-refractivity contribution is 7.80. The van der Waals surface area contributed by atoms with E-state index in [0.717, 1.165) is 5.69 Å². The van der Waals surface area contributed by atoms with Crippen LogP contribution >= 0.6 is 12.2 Å². The second-order valence-electron chi connectivity index (χ2n) is 5.60. The molecule has 0 heterocycles. The minimum absolute atomic E-state index is 0.0634. The van der Waals surface area contributed by atoms with Crippen LogP contribution in [-0.2, 0) is 0 Å². The van der Waals surface area contributed by atoms with Gasteiger partial charge in [-0.2, -0.15) is 0 Å². The maximum atomic E-state index is 11.4. The quantitative estimate of drug-likeness (QED) is 0.657. The van der Waals surface area contributed by atoms with Crippen molar-refractivity contribution in [2.75, 3.05) is 5.32 Å². The van der Waals surface area contributed by atoms with E-state index in [-0.39, 0.29) is 5.78 Å². The summed E-state index contributed by atoms with van der Waals surface area (Å²) in [5.74, 6) is 0.723. The first kappa shape index (κ1) is 15.0.